The number of nitrogens with zero attached hydrogens (tertiary/aromatic N) is 2. The van der Waals surface area contributed by atoms with Crippen molar-refractivity contribution in [2.75, 3.05) is 18.6 Å². The van der Waals surface area contributed by atoms with Crippen molar-refractivity contribution in [3.05, 3.63) is 59.2 Å². The zero-order valence-electron chi connectivity index (χ0n) is 12.6. The number of anilines is 1. The molecule has 1 aliphatic heterocycles. The van der Waals surface area contributed by atoms with E-state index in [-0.39, 0.29) is 18.1 Å². The summed E-state index contributed by atoms with van der Waals surface area (Å²) in [5.74, 6) is 0.231. The highest BCUT2D eigenvalue weighted by atomic mass is 16.5. The molecule has 0 fully saturated rings. The molecule has 1 aliphatic rings. The van der Waals surface area contributed by atoms with Crippen LogP contribution in [-0.4, -0.2) is 25.3 Å². The van der Waals surface area contributed by atoms with Gasteiger partial charge in [-0.05, 0) is 30.3 Å². The van der Waals surface area contributed by atoms with Gasteiger partial charge >= 0.3 is 0 Å². The van der Waals surface area contributed by atoms with Crippen LogP contribution in [0.4, 0.5) is 5.69 Å². The van der Waals surface area contributed by atoms with E-state index in [0.29, 0.717) is 34.7 Å². The van der Waals surface area contributed by atoms with E-state index in [1.165, 1.54) is 7.11 Å². The maximum absolute atomic E-state index is 12.9. The second-order valence-electron chi connectivity index (χ2n) is 5.18. The minimum atomic E-state index is -0.250. The summed E-state index contributed by atoms with van der Waals surface area (Å²) in [6.45, 7) is 0.293. The summed E-state index contributed by atoms with van der Waals surface area (Å²) in [4.78, 5) is 26.5. The molecule has 0 saturated heterocycles. The Labute approximate surface area is 133 Å². The molecule has 0 unspecified atom stereocenters. The zero-order valence-corrected chi connectivity index (χ0v) is 12.6. The van der Waals surface area contributed by atoms with Gasteiger partial charge in [0, 0.05) is 24.1 Å². The van der Waals surface area contributed by atoms with E-state index in [1.54, 1.807) is 47.4 Å². The van der Waals surface area contributed by atoms with E-state index in [4.69, 9.17) is 10.00 Å². The smallest absolute Gasteiger partial charge is 0.258 e. The minimum Gasteiger partial charge on any atom is -0.495 e. The van der Waals surface area contributed by atoms with Gasteiger partial charge in [0.1, 0.15) is 5.75 Å². The van der Waals surface area contributed by atoms with Crippen LogP contribution in [-0.2, 0) is 0 Å². The Hall–Kier alpha value is -3.13. The number of methoxy groups -OCH3 is 1. The number of hydrogen-bond acceptors (Lipinski definition) is 4. The Kier molecular flexibility index (Phi) is 3.82. The number of benzene rings is 2. The zero-order chi connectivity index (χ0) is 16.4. The van der Waals surface area contributed by atoms with Crippen molar-refractivity contribution in [3.8, 4) is 11.8 Å². The van der Waals surface area contributed by atoms with Gasteiger partial charge in [0.2, 0.25) is 0 Å². The molecule has 0 bridgehead atoms. The molecule has 0 spiro atoms. The van der Waals surface area contributed by atoms with Gasteiger partial charge in [-0.3, -0.25) is 9.59 Å². The monoisotopic (exact) mass is 306 g/mol. The molecule has 2 aromatic carbocycles. The SMILES string of the molecule is COc1cccc2c1N(C(=O)c1cccc(C#N)c1)CCC2=O. The Morgan fingerprint density at radius 2 is 2.04 bits per heavy atom. The number of amides is 1. The number of ether oxygens (including phenoxy) is 1. The molecule has 5 heteroatoms. The maximum Gasteiger partial charge on any atom is 0.258 e. The molecular formula is C18H14N2O3. The lowest BCUT2D eigenvalue weighted by Gasteiger charge is -2.30. The Morgan fingerprint density at radius 3 is 2.78 bits per heavy atom. The minimum absolute atomic E-state index is 0.00581. The van der Waals surface area contributed by atoms with Crippen LogP contribution < -0.4 is 9.64 Å². The Morgan fingerprint density at radius 1 is 1.26 bits per heavy atom. The van der Waals surface area contributed by atoms with Gasteiger partial charge in [0.15, 0.2) is 5.78 Å². The third-order valence-electron chi connectivity index (χ3n) is 3.84. The highest BCUT2D eigenvalue weighted by Gasteiger charge is 2.30. The van der Waals surface area contributed by atoms with Crippen LogP contribution in [0.5, 0.6) is 5.75 Å². The first-order chi connectivity index (χ1) is 11.2. The number of carbonyl (C=O) groups excluding carboxylic acids is 2. The van der Waals surface area contributed by atoms with Crippen LogP contribution in [0.2, 0.25) is 0 Å². The van der Waals surface area contributed by atoms with Crippen molar-refractivity contribution in [1.82, 2.24) is 0 Å². The van der Waals surface area contributed by atoms with E-state index in [9.17, 15) is 9.59 Å². The second kappa shape index (κ2) is 5.93. The summed E-state index contributed by atoms with van der Waals surface area (Å²) < 4.78 is 5.32. The lowest BCUT2D eigenvalue weighted by molar-refractivity contribution is 0.0954. The van der Waals surface area contributed by atoms with Crippen molar-refractivity contribution >= 4 is 17.4 Å². The molecule has 3 rings (SSSR count). The van der Waals surface area contributed by atoms with Crippen LogP contribution in [0.25, 0.3) is 0 Å². The number of rotatable bonds is 2. The van der Waals surface area contributed by atoms with Crippen molar-refractivity contribution < 1.29 is 14.3 Å². The third kappa shape index (κ3) is 2.55. The third-order valence-corrected chi connectivity index (χ3v) is 3.84. The summed E-state index contributed by atoms with van der Waals surface area (Å²) in [7, 11) is 1.51. The Balaban J connectivity index is 2.08. The van der Waals surface area contributed by atoms with E-state index in [2.05, 4.69) is 0 Å². The fraction of sp³-hybridized carbons (Fsp3) is 0.167. The van der Waals surface area contributed by atoms with Gasteiger partial charge in [-0.1, -0.05) is 12.1 Å². The van der Waals surface area contributed by atoms with E-state index in [0.717, 1.165) is 0 Å². The number of Topliss-reactive ketones (excluding diaryl/α,β-unsaturated/α-hetero) is 1. The molecule has 1 amide bonds. The highest BCUT2D eigenvalue weighted by Crippen LogP contribution is 2.36. The average molecular weight is 306 g/mol. The van der Waals surface area contributed by atoms with Crippen LogP contribution in [0.1, 0.15) is 32.7 Å². The van der Waals surface area contributed by atoms with Gasteiger partial charge < -0.3 is 9.64 Å². The summed E-state index contributed by atoms with van der Waals surface area (Å²) in [6, 6.07) is 13.7. The molecule has 1 heterocycles. The molecule has 0 atom stereocenters. The lowest BCUT2D eigenvalue weighted by Crippen LogP contribution is -2.37. The molecule has 0 saturated carbocycles. The molecular weight excluding hydrogens is 292 g/mol. The molecule has 2 aromatic rings. The van der Waals surface area contributed by atoms with Gasteiger partial charge in [-0.25, -0.2) is 0 Å². The summed E-state index contributed by atoms with van der Waals surface area (Å²) in [6.07, 6.45) is 0.268. The number of para-hydroxylation sites is 1. The number of fused-ring (bicyclic) bond motifs is 1. The number of hydrogen-bond donors (Lipinski definition) is 0. The number of ketones is 1. The fourth-order valence-electron chi connectivity index (χ4n) is 2.73. The topological polar surface area (TPSA) is 70.4 Å². The fourth-order valence-corrected chi connectivity index (χ4v) is 2.73. The maximum atomic E-state index is 12.9. The summed E-state index contributed by atoms with van der Waals surface area (Å²) in [5.41, 5.74) is 1.82. The van der Waals surface area contributed by atoms with Crippen molar-refractivity contribution in [1.29, 1.82) is 5.26 Å². The first kappa shape index (κ1) is 14.8. The lowest BCUT2D eigenvalue weighted by atomic mass is 9.98. The van der Waals surface area contributed by atoms with Crippen LogP contribution >= 0.6 is 0 Å². The first-order valence-corrected chi connectivity index (χ1v) is 7.18. The molecule has 23 heavy (non-hydrogen) atoms. The number of carbonyl (C=O) groups is 2. The van der Waals surface area contributed by atoms with Crippen molar-refractivity contribution in [2.24, 2.45) is 0 Å². The predicted octanol–water partition coefficient (Wildman–Crippen LogP) is 2.80. The van der Waals surface area contributed by atoms with Crippen molar-refractivity contribution in [3.63, 3.8) is 0 Å². The van der Waals surface area contributed by atoms with Gasteiger partial charge in [0.05, 0.1) is 24.4 Å². The van der Waals surface area contributed by atoms with Gasteiger partial charge in [-0.2, -0.15) is 5.26 Å². The summed E-state index contributed by atoms with van der Waals surface area (Å²) in [5, 5.41) is 8.99. The van der Waals surface area contributed by atoms with Gasteiger partial charge in [0.25, 0.3) is 5.91 Å². The van der Waals surface area contributed by atoms with Crippen LogP contribution in [0.15, 0.2) is 42.5 Å². The summed E-state index contributed by atoms with van der Waals surface area (Å²) >= 11 is 0. The quantitative estimate of drug-likeness (QED) is 0.855. The van der Waals surface area contributed by atoms with E-state index < -0.39 is 0 Å². The normalized spacial score (nSPS) is 13.2. The highest BCUT2D eigenvalue weighted by molar-refractivity contribution is 6.14. The number of nitriles is 1. The molecule has 0 N–H and O–H groups in total. The second-order valence-corrected chi connectivity index (χ2v) is 5.18. The molecule has 0 aromatic heterocycles. The molecule has 114 valence electrons. The largest absolute Gasteiger partial charge is 0.495 e. The molecule has 0 radical (unpaired) electrons. The van der Waals surface area contributed by atoms with Gasteiger partial charge in [-0.15, -0.1) is 0 Å². The first-order valence-electron chi connectivity index (χ1n) is 7.18. The van der Waals surface area contributed by atoms with Crippen LogP contribution in [0, 0.1) is 11.3 Å². The Bertz CT molecular complexity index is 836. The van der Waals surface area contributed by atoms with E-state index in [1.807, 2.05) is 6.07 Å². The predicted molar refractivity (Wildman–Crippen MR) is 84.8 cm³/mol. The van der Waals surface area contributed by atoms with E-state index >= 15 is 0 Å². The molecule has 5 nitrogen and oxygen atoms in total. The molecule has 0 aliphatic carbocycles. The average Bonchev–Trinajstić information content (AvgIpc) is 2.61. The standard InChI is InChI=1S/C18H14N2O3/c1-23-16-7-3-6-14-15(21)8-9-20(17(14)16)18(22)13-5-2-4-12(10-13)11-19/h2-7,10H,8-9H2,1H3. The van der Waals surface area contributed by atoms with Crippen molar-refractivity contribution in [2.45, 2.75) is 6.42 Å². The van der Waals surface area contributed by atoms with Crippen LogP contribution in [0.3, 0.4) is 0 Å².